The van der Waals surface area contributed by atoms with Crippen LogP contribution in [0.3, 0.4) is 0 Å². The second-order valence-corrected chi connectivity index (χ2v) is 6.06. The lowest BCUT2D eigenvalue weighted by molar-refractivity contribution is 0.251. The fourth-order valence-corrected chi connectivity index (χ4v) is 3.50. The Morgan fingerprint density at radius 2 is 2.13 bits per heavy atom. The molecule has 0 aromatic heterocycles. The largest absolute Gasteiger partial charge is 0.329 e. The van der Waals surface area contributed by atoms with E-state index in [2.05, 4.69) is 0 Å². The third-order valence-corrected chi connectivity index (χ3v) is 4.98. The molecule has 1 saturated heterocycles. The van der Waals surface area contributed by atoms with Crippen LogP contribution in [0.1, 0.15) is 26.2 Å². The molecular formula is C9H21N3O2S. The Morgan fingerprint density at radius 1 is 1.47 bits per heavy atom. The molecule has 0 spiro atoms. The Kier molecular flexibility index (Phi) is 4.51. The van der Waals surface area contributed by atoms with Crippen LogP contribution in [0, 0.1) is 0 Å². The molecule has 1 fully saturated rings. The van der Waals surface area contributed by atoms with Crippen molar-refractivity contribution in [3.8, 4) is 0 Å². The van der Waals surface area contributed by atoms with Gasteiger partial charge in [0.25, 0.3) is 10.2 Å². The molecule has 15 heavy (non-hydrogen) atoms. The number of hydrogen-bond donors (Lipinski definition) is 1. The highest BCUT2D eigenvalue weighted by atomic mass is 32.2. The van der Waals surface area contributed by atoms with E-state index in [9.17, 15) is 8.42 Å². The van der Waals surface area contributed by atoms with E-state index in [0.29, 0.717) is 19.6 Å². The van der Waals surface area contributed by atoms with Crippen molar-refractivity contribution in [2.45, 2.75) is 32.2 Å². The van der Waals surface area contributed by atoms with Gasteiger partial charge >= 0.3 is 0 Å². The van der Waals surface area contributed by atoms with Gasteiger partial charge in [-0.1, -0.05) is 6.42 Å². The number of nitrogens with two attached hydrogens (primary N) is 1. The third kappa shape index (κ3) is 2.90. The van der Waals surface area contributed by atoms with Gasteiger partial charge in [-0.2, -0.15) is 17.0 Å². The minimum Gasteiger partial charge on any atom is -0.329 e. The summed E-state index contributed by atoms with van der Waals surface area (Å²) >= 11 is 0. The summed E-state index contributed by atoms with van der Waals surface area (Å²) in [6.45, 7) is 3.34. The average molecular weight is 235 g/mol. The molecule has 0 radical (unpaired) electrons. The van der Waals surface area contributed by atoms with Crippen molar-refractivity contribution >= 4 is 10.2 Å². The predicted molar refractivity (Wildman–Crippen MR) is 60.6 cm³/mol. The SMILES string of the molecule is CC1CCCCN1S(=O)(=O)N(C)CCN. The Balaban J connectivity index is 2.75. The van der Waals surface area contributed by atoms with E-state index in [4.69, 9.17) is 5.73 Å². The Hall–Kier alpha value is -0.170. The van der Waals surface area contributed by atoms with Gasteiger partial charge in [0, 0.05) is 32.7 Å². The van der Waals surface area contributed by atoms with E-state index in [1.54, 1.807) is 11.4 Å². The minimum atomic E-state index is -3.29. The number of nitrogens with zero attached hydrogens (tertiary/aromatic N) is 2. The van der Waals surface area contributed by atoms with Crippen LogP contribution in [0.2, 0.25) is 0 Å². The summed E-state index contributed by atoms with van der Waals surface area (Å²) < 4.78 is 27.1. The van der Waals surface area contributed by atoms with E-state index in [-0.39, 0.29) is 6.04 Å². The van der Waals surface area contributed by atoms with Crippen LogP contribution >= 0.6 is 0 Å². The molecule has 0 amide bonds. The maximum Gasteiger partial charge on any atom is 0.282 e. The first-order valence-corrected chi connectivity index (χ1v) is 6.83. The normalized spacial score (nSPS) is 24.7. The van der Waals surface area contributed by atoms with Crippen LogP contribution < -0.4 is 5.73 Å². The van der Waals surface area contributed by atoms with Crippen molar-refractivity contribution in [2.75, 3.05) is 26.7 Å². The highest BCUT2D eigenvalue weighted by Crippen LogP contribution is 2.21. The summed E-state index contributed by atoms with van der Waals surface area (Å²) in [4.78, 5) is 0. The lowest BCUT2D eigenvalue weighted by Gasteiger charge is -2.35. The van der Waals surface area contributed by atoms with E-state index in [1.807, 2.05) is 6.92 Å². The molecule has 0 saturated carbocycles. The maximum atomic E-state index is 12.1. The zero-order valence-electron chi connectivity index (χ0n) is 9.52. The Labute approximate surface area is 92.4 Å². The zero-order valence-corrected chi connectivity index (χ0v) is 10.3. The van der Waals surface area contributed by atoms with E-state index in [1.165, 1.54) is 4.31 Å². The van der Waals surface area contributed by atoms with Crippen LogP contribution in [-0.4, -0.2) is 49.8 Å². The molecule has 1 atom stereocenters. The smallest absolute Gasteiger partial charge is 0.282 e. The Bertz CT molecular complexity index is 292. The summed E-state index contributed by atoms with van der Waals surface area (Å²) in [5.74, 6) is 0. The minimum absolute atomic E-state index is 0.115. The summed E-state index contributed by atoms with van der Waals surface area (Å²) in [6, 6.07) is 0.115. The van der Waals surface area contributed by atoms with Crippen molar-refractivity contribution in [2.24, 2.45) is 5.73 Å². The highest BCUT2D eigenvalue weighted by molar-refractivity contribution is 7.86. The molecule has 90 valence electrons. The molecule has 0 bridgehead atoms. The van der Waals surface area contributed by atoms with Crippen molar-refractivity contribution < 1.29 is 8.42 Å². The summed E-state index contributed by atoms with van der Waals surface area (Å²) in [6.07, 6.45) is 3.03. The predicted octanol–water partition coefficient (Wildman–Crippen LogP) is -0.00390. The number of likely N-dealkylation sites (N-methyl/N-ethyl adjacent to an activating group) is 1. The monoisotopic (exact) mass is 235 g/mol. The molecule has 1 aliphatic heterocycles. The van der Waals surface area contributed by atoms with E-state index < -0.39 is 10.2 Å². The van der Waals surface area contributed by atoms with Gasteiger partial charge in [0.05, 0.1) is 0 Å². The molecule has 0 aromatic carbocycles. The van der Waals surface area contributed by atoms with Gasteiger partial charge < -0.3 is 5.73 Å². The van der Waals surface area contributed by atoms with Gasteiger partial charge in [0.1, 0.15) is 0 Å². The first-order chi connectivity index (χ1) is 7.00. The number of piperidine rings is 1. The first-order valence-electron chi connectivity index (χ1n) is 5.43. The van der Waals surface area contributed by atoms with Gasteiger partial charge in [-0.15, -0.1) is 0 Å². The van der Waals surface area contributed by atoms with E-state index in [0.717, 1.165) is 19.3 Å². The molecule has 2 N–H and O–H groups in total. The van der Waals surface area contributed by atoms with Gasteiger partial charge in [0.2, 0.25) is 0 Å². The van der Waals surface area contributed by atoms with Crippen LogP contribution in [0.25, 0.3) is 0 Å². The third-order valence-electron chi connectivity index (χ3n) is 2.88. The van der Waals surface area contributed by atoms with E-state index >= 15 is 0 Å². The van der Waals surface area contributed by atoms with Crippen LogP contribution in [0.15, 0.2) is 0 Å². The molecule has 5 nitrogen and oxygen atoms in total. The number of rotatable bonds is 4. The van der Waals surface area contributed by atoms with Crippen molar-refractivity contribution in [1.29, 1.82) is 0 Å². The summed E-state index contributed by atoms with van der Waals surface area (Å²) in [5.41, 5.74) is 5.37. The van der Waals surface area contributed by atoms with Gasteiger partial charge in [0.15, 0.2) is 0 Å². The van der Waals surface area contributed by atoms with Gasteiger partial charge in [-0.05, 0) is 19.8 Å². The van der Waals surface area contributed by atoms with Crippen molar-refractivity contribution in [3.05, 3.63) is 0 Å². The first kappa shape index (κ1) is 12.9. The molecule has 1 rings (SSSR count). The second kappa shape index (κ2) is 5.25. The second-order valence-electron chi connectivity index (χ2n) is 4.07. The maximum absolute atomic E-state index is 12.1. The molecular weight excluding hydrogens is 214 g/mol. The molecule has 0 aromatic rings. The zero-order chi connectivity index (χ0) is 11.5. The molecule has 1 aliphatic rings. The lowest BCUT2D eigenvalue weighted by Crippen LogP contribution is -2.49. The Morgan fingerprint density at radius 3 is 2.67 bits per heavy atom. The summed E-state index contributed by atoms with van der Waals surface area (Å²) in [5, 5.41) is 0. The van der Waals surface area contributed by atoms with Gasteiger partial charge in [-0.3, -0.25) is 0 Å². The summed E-state index contributed by atoms with van der Waals surface area (Å²) in [7, 11) is -1.70. The van der Waals surface area contributed by atoms with Crippen LogP contribution in [0.4, 0.5) is 0 Å². The quantitative estimate of drug-likeness (QED) is 0.745. The average Bonchev–Trinajstić information content (AvgIpc) is 2.18. The van der Waals surface area contributed by atoms with Crippen molar-refractivity contribution in [1.82, 2.24) is 8.61 Å². The van der Waals surface area contributed by atoms with Gasteiger partial charge in [-0.25, -0.2) is 0 Å². The lowest BCUT2D eigenvalue weighted by atomic mass is 10.1. The van der Waals surface area contributed by atoms with Crippen LogP contribution in [-0.2, 0) is 10.2 Å². The highest BCUT2D eigenvalue weighted by Gasteiger charge is 2.32. The van der Waals surface area contributed by atoms with Crippen LogP contribution in [0.5, 0.6) is 0 Å². The standard InChI is InChI=1S/C9H21N3O2S/c1-9-5-3-4-7-12(9)15(13,14)11(2)8-6-10/h9H,3-8,10H2,1-2H3. The molecule has 0 aliphatic carbocycles. The number of hydrogen-bond acceptors (Lipinski definition) is 3. The fraction of sp³-hybridized carbons (Fsp3) is 1.00. The molecule has 6 heteroatoms. The topological polar surface area (TPSA) is 66.6 Å². The van der Waals surface area contributed by atoms with Crippen molar-refractivity contribution in [3.63, 3.8) is 0 Å². The fourth-order valence-electron chi connectivity index (χ4n) is 1.89. The molecule has 1 unspecified atom stereocenters. The molecule has 1 heterocycles.